The molecule has 4 rings (SSSR count). The van der Waals surface area contributed by atoms with E-state index < -0.39 is 0 Å². The maximum Gasteiger partial charge on any atom is 0.273 e. The summed E-state index contributed by atoms with van der Waals surface area (Å²) in [5, 5.41) is 8.37. The molecule has 0 atom stereocenters. The Kier molecular flexibility index (Phi) is 3.57. The Labute approximate surface area is 140 Å². The fraction of sp³-hybridized carbons (Fsp3) is 0.176. The molecule has 0 amide bonds. The lowest BCUT2D eigenvalue weighted by molar-refractivity contribution is -0.481. The highest BCUT2D eigenvalue weighted by Gasteiger charge is 2.20. The molecule has 0 fully saturated rings. The lowest BCUT2D eigenvalue weighted by Gasteiger charge is -2.06. The standard InChI is InChI=1S/C17H16N3.HI/c1-12(2)20-17-15-9-4-3-7-13(15)14-8-5-6-10-16(14)19(17)11-18-20;/h3-12H,1-2H3;1H/q+1;/p-1. The van der Waals surface area contributed by atoms with Crippen LogP contribution >= 0.6 is 0 Å². The van der Waals surface area contributed by atoms with Crippen LogP contribution in [0.15, 0.2) is 54.9 Å². The van der Waals surface area contributed by atoms with Gasteiger partial charge in [-0.2, -0.15) is 4.40 Å². The van der Waals surface area contributed by atoms with E-state index in [9.17, 15) is 0 Å². The number of fused-ring (bicyclic) bond motifs is 6. The first kappa shape index (κ1) is 14.3. The molecule has 2 aromatic carbocycles. The van der Waals surface area contributed by atoms with Crippen LogP contribution in [0.1, 0.15) is 19.9 Å². The van der Waals surface area contributed by atoms with Gasteiger partial charge in [0.25, 0.3) is 12.0 Å². The predicted molar refractivity (Wildman–Crippen MR) is 80.8 cm³/mol. The van der Waals surface area contributed by atoms with Crippen LogP contribution in [0.2, 0.25) is 0 Å². The van der Waals surface area contributed by atoms with Crippen molar-refractivity contribution in [2.45, 2.75) is 19.9 Å². The molecular weight excluding hydrogens is 373 g/mol. The highest BCUT2D eigenvalue weighted by Crippen LogP contribution is 2.26. The van der Waals surface area contributed by atoms with Crippen LogP contribution < -0.4 is 28.4 Å². The average molecular weight is 389 g/mol. The van der Waals surface area contributed by atoms with Crippen LogP contribution in [-0.2, 0) is 0 Å². The molecule has 0 unspecified atom stereocenters. The minimum Gasteiger partial charge on any atom is -1.00 e. The van der Waals surface area contributed by atoms with Crippen molar-refractivity contribution in [3.63, 3.8) is 0 Å². The van der Waals surface area contributed by atoms with E-state index in [1.54, 1.807) is 0 Å². The van der Waals surface area contributed by atoms with Crippen LogP contribution in [-0.4, -0.2) is 9.78 Å². The van der Waals surface area contributed by atoms with Crippen molar-refractivity contribution in [2.75, 3.05) is 0 Å². The minimum absolute atomic E-state index is 0. The zero-order valence-electron chi connectivity index (χ0n) is 12.0. The third-order valence-electron chi connectivity index (χ3n) is 3.85. The molecule has 106 valence electrons. The molecule has 0 N–H and O–H groups in total. The number of hydrogen-bond donors (Lipinski definition) is 0. The van der Waals surface area contributed by atoms with Gasteiger partial charge in [0.15, 0.2) is 0 Å². The van der Waals surface area contributed by atoms with Gasteiger partial charge in [0.05, 0.1) is 5.39 Å². The number of hydrogen-bond acceptors (Lipinski definition) is 1. The lowest BCUT2D eigenvalue weighted by atomic mass is 10.1. The highest BCUT2D eigenvalue weighted by molar-refractivity contribution is 6.08. The first-order chi connectivity index (χ1) is 9.77. The summed E-state index contributed by atoms with van der Waals surface area (Å²) in [4.78, 5) is 0. The van der Waals surface area contributed by atoms with Gasteiger partial charge >= 0.3 is 0 Å². The van der Waals surface area contributed by atoms with Gasteiger partial charge in [-0.05, 0) is 31.4 Å². The molecule has 3 nitrogen and oxygen atoms in total. The molecule has 0 bridgehead atoms. The molecule has 2 aromatic heterocycles. The van der Waals surface area contributed by atoms with Gasteiger partial charge in [-0.25, -0.2) is 0 Å². The molecule has 4 heteroatoms. The Hall–Kier alpha value is -1.69. The van der Waals surface area contributed by atoms with Gasteiger partial charge in [-0.3, -0.25) is 0 Å². The van der Waals surface area contributed by atoms with Crippen LogP contribution in [0.3, 0.4) is 0 Å². The summed E-state index contributed by atoms with van der Waals surface area (Å²) < 4.78 is 4.28. The smallest absolute Gasteiger partial charge is 0.273 e. The molecule has 2 heterocycles. The molecular formula is C17H16IN3. The maximum absolute atomic E-state index is 4.57. The second-order valence-corrected chi connectivity index (χ2v) is 5.43. The fourth-order valence-electron chi connectivity index (χ4n) is 2.96. The second-order valence-electron chi connectivity index (χ2n) is 5.43. The number of halogens is 1. The number of para-hydroxylation sites is 1. The van der Waals surface area contributed by atoms with E-state index in [-0.39, 0.29) is 24.0 Å². The van der Waals surface area contributed by atoms with Crippen molar-refractivity contribution in [3.8, 4) is 0 Å². The first-order valence-corrected chi connectivity index (χ1v) is 6.95. The Bertz CT molecular complexity index is 941. The molecule has 0 saturated carbocycles. The van der Waals surface area contributed by atoms with E-state index >= 15 is 0 Å². The summed E-state index contributed by atoms with van der Waals surface area (Å²) in [6.07, 6.45) is 1.92. The second kappa shape index (κ2) is 5.26. The third-order valence-corrected chi connectivity index (χ3v) is 3.85. The largest absolute Gasteiger partial charge is 1.00 e. The summed E-state index contributed by atoms with van der Waals surface area (Å²) >= 11 is 0. The van der Waals surface area contributed by atoms with Gasteiger partial charge < -0.3 is 24.0 Å². The van der Waals surface area contributed by atoms with Gasteiger partial charge in [0, 0.05) is 10.5 Å². The van der Waals surface area contributed by atoms with Crippen molar-refractivity contribution in [1.82, 2.24) is 9.78 Å². The van der Waals surface area contributed by atoms with E-state index in [1.165, 1.54) is 21.7 Å². The van der Waals surface area contributed by atoms with E-state index in [4.69, 9.17) is 0 Å². The van der Waals surface area contributed by atoms with Crippen molar-refractivity contribution >= 4 is 27.3 Å². The topological polar surface area (TPSA) is 21.9 Å². The number of rotatable bonds is 1. The number of nitrogens with zero attached hydrogens (tertiary/aromatic N) is 3. The SMILES string of the molecule is CC(C)n1nc[n+]2c3ccccc3c3ccccc3c12.[I-]. The van der Waals surface area contributed by atoms with Gasteiger partial charge in [0.1, 0.15) is 11.6 Å². The Morgan fingerprint density at radius 2 is 1.52 bits per heavy atom. The summed E-state index contributed by atoms with van der Waals surface area (Å²) in [7, 11) is 0. The molecule has 4 aromatic rings. The molecule has 21 heavy (non-hydrogen) atoms. The summed E-state index contributed by atoms with van der Waals surface area (Å²) in [5.41, 5.74) is 2.36. The summed E-state index contributed by atoms with van der Waals surface area (Å²) in [6, 6.07) is 17.4. The van der Waals surface area contributed by atoms with Crippen molar-refractivity contribution in [1.29, 1.82) is 0 Å². The van der Waals surface area contributed by atoms with Gasteiger partial charge in [-0.15, -0.1) is 4.68 Å². The number of aromatic nitrogens is 3. The van der Waals surface area contributed by atoms with Crippen molar-refractivity contribution in [2.24, 2.45) is 0 Å². The Morgan fingerprint density at radius 3 is 2.24 bits per heavy atom. The van der Waals surface area contributed by atoms with Crippen LogP contribution in [0.4, 0.5) is 0 Å². The third kappa shape index (κ3) is 2.00. The minimum atomic E-state index is 0. The number of benzene rings is 2. The molecule has 0 aliphatic rings. The predicted octanol–water partition coefficient (Wildman–Crippen LogP) is 0.513. The first-order valence-electron chi connectivity index (χ1n) is 6.95. The molecule has 0 radical (unpaired) electrons. The van der Waals surface area contributed by atoms with Crippen LogP contribution in [0, 0.1) is 0 Å². The highest BCUT2D eigenvalue weighted by atomic mass is 127. The molecule has 0 aliphatic heterocycles. The van der Waals surface area contributed by atoms with E-state index in [2.05, 4.69) is 76.6 Å². The number of pyridine rings is 1. The van der Waals surface area contributed by atoms with Crippen LogP contribution in [0.5, 0.6) is 0 Å². The average Bonchev–Trinajstić information content (AvgIpc) is 2.93. The Morgan fingerprint density at radius 1 is 0.905 bits per heavy atom. The zero-order chi connectivity index (χ0) is 13.7. The normalized spacial score (nSPS) is 11.4. The van der Waals surface area contributed by atoms with Gasteiger partial charge in [0.2, 0.25) is 0 Å². The van der Waals surface area contributed by atoms with Crippen molar-refractivity contribution in [3.05, 3.63) is 54.9 Å². The fourth-order valence-corrected chi connectivity index (χ4v) is 2.96. The van der Waals surface area contributed by atoms with Gasteiger partial charge in [-0.1, -0.05) is 36.4 Å². The van der Waals surface area contributed by atoms with Crippen molar-refractivity contribution < 1.29 is 28.4 Å². The monoisotopic (exact) mass is 389 g/mol. The summed E-state index contributed by atoms with van der Waals surface area (Å²) in [6.45, 7) is 4.33. The molecule has 0 saturated heterocycles. The maximum atomic E-state index is 4.57. The van der Waals surface area contributed by atoms with Crippen LogP contribution in [0.25, 0.3) is 27.3 Å². The summed E-state index contributed by atoms with van der Waals surface area (Å²) in [5.74, 6) is 0. The molecule has 0 spiro atoms. The Balaban J connectivity index is 0.00000132. The van der Waals surface area contributed by atoms with E-state index in [1.807, 2.05) is 6.33 Å². The zero-order valence-corrected chi connectivity index (χ0v) is 14.2. The van der Waals surface area contributed by atoms with E-state index in [0.29, 0.717) is 6.04 Å². The quantitative estimate of drug-likeness (QED) is 0.264. The van der Waals surface area contributed by atoms with E-state index in [0.717, 1.165) is 5.65 Å². The lowest BCUT2D eigenvalue weighted by Crippen LogP contribution is -3.00. The molecule has 0 aliphatic carbocycles.